The van der Waals surface area contributed by atoms with Gasteiger partial charge in [0.2, 0.25) is 0 Å². The number of rotatable bonds is 5. The molecule has 0 atom stereocenters. The third kappa shape index (κ3) is 3.84. The maximum Gasteiger partial charge on any atom is 0.195 e. The van der Waals surface area contributed by atoms with Crippen LogP contribution in [0.1, 0.15) is 11.7 Å². The minimum Gasteiger partial charge on any atom is -0.486 e. The number of oxazole rings is 1. The average Bonchev–Trinajstić information content (AvgIpc) is 3.19. The zero-order valence-electron chi connectivity index (χ0n) is 13.5. The molecule has 0 unspecified atom stereocenters. The summed E-state index contributed by atoms with van der Waals surface area (Å²) in [7, 11) is 0. The molecule has 3 heterocycles. The van der Waals surface area contributed by atoms with Crippen molar-refractivity contribution in [1.82, 2.24) is 14.5 Å². The van der Waals surface area contributed by atoms with Crippen molar-refractivity contribution in [2.24, 2.45) is 5.73 Å². The van der Waals surface area contributed by atoms with Crippen LogP contribution in [0.4, 0.5) is 0 Å². The Kier molecular flexibility index (Phi) is 6.52. The fraction of sp³-hybridized carbons (Fsp3) is 0.375. The molecular formula is C16H20Cl2N4O3. The lowest BCUT2D eigenvalue weighted by atomic mass is 10.2. The highest BCUT2D eigenvalue weighted by molar-refractivity contribution is 5.85. The van der Waals surface area contributed by atoms with Gasteiger partial charge in [-0.05, 0) is 6.54 Å². The molecule has 0 bridgehead atoms. The van der Waals surface area contributed by atoms with Gasteiger partial charge < -0.3 is 24.2 Å². The molecule has 0 spiro atoms. The number of hydrogen-bond acceptors (Lipinski definition) is 6. The van der Waals surface area contributed by atoms with Crippen LogP contribution < -0.4 is 15.2 Å². The van der Waals surface area contributed by atoms with Crippen LogP contribution in [0.5, 0.6) is 11.5 Å². The van der Waals surface area contributed by atoms with E-state index in [1.165, 1.54) is 0 Å². The maximum absolute atomic E-state index is 5.73. The molecule has 7 nitrogen and oxygen atoms in total. The van der Waals surface area contributed by atoms with Crippen molar-refractivity contribution in [1.29, 1.82) is 0 Å². The fourth-order valence-electron chi connectivity index (χ4n) is 2.86. The lowest BCUT2D eigenvalue weighted by Gasteiger charge is -2.18. The van der Waals surface area contributed by atoms with E-state index in [0.717, 1.165) is 34.9 Å². The molecule has 3 aromatic rings. The van der Waals surface area contributed by atoms with Crippen LogP contribution in [0.2, 0.25) is 0 Å². The summed E-state index contributed by atoms with van der Waals surface area (Å²) in [5, 5.41) is 0. The minimum absolute atomic E-state index is 0. The second-order valence-corrected chi connectivity index (χ2v) is 5.38. The van der Waals surface area contributed by atoms with E-state index < -0.39 is 0 Å². The molecule has 1 aliphatic heterocycles. The molecule has 1 aliphatic rings. The first-order valence-corrected chi connectivity index (χ1v) is 7.72. The Bertz CT molecular complexity index is 821. The summed E-state index contributed by atoms with van der Waals surface area (Å²) in [4.78, 5) is 8.88. The molecule has 9 heteroatoms. The van der Waals surface area contributed by atoms with E-state index in [4.69, 9.17) is 24.6 Å². The van der Waals surface area contributed by atoms with E-state index in [9.17, 15) is 0 Å². The molecule has 0 fully saturated rings. The number of fused-ring (bicyclic) bond motifs is 2. The lowest BCUT2D eigenvalue weighted by Crippen LogP contribution is -2.15. The molecule has 25 heavy (non-hydrogen) atoms. The average molecular weight is 387 g/mol. The summed E-state index contributed by atoms with van der Waals surface area (Å²) in [5.41, 5.74) is 7.64. The van der Waals surface area contributed by atoms with Crippen molar-refractivity contribution >= 4 is 35.8 Å². The van der Waals surface area contributed by atoms with Gasteiger partial charge in [-0.1, -0.05) is 0 Å². The van der Waals surface area contributed by atoms with Gasteiger partial charge in [0, 0.05) is 31.5 Å². The first-order chi connectivity index (χ1) is 11.3. The van der Waals surface area contributed by atoms with Crippen LogP contribution in [0.3, 0.4) is 0 Å². The smallest absolute Gasteiger partial charge is 0.195 e. The van der Waals surface area contributed by atoms with Crippen LogP contribution in [-0.4, -0.2) is 34.3 Å². The first kappa shape index (κ1) is 19.4. The number of aromatic nitrogens is 3. The topological polar surface area (TPSA) is 88.3 Å². The summed E-state index contributed by atoms with van der Waals surface area (Å²) in [6.07, 6.45) is 4.66. The second kappa shape index (κ2) is 8.42. The normalized spacial score (nSPS) is 12.5. The van der Waals surface area contributed by atoms with Crippen molar-refractivity contribution in [3.63, 3.8) is 0 Å². The van der Waals surface area contributed by atoms with Crippen LogP contribution in [0.15, 0.2) is 29.0 Å². The number of nitrogens with two attached hydrogens (primary N) is 1. The number of halogens is 2. The lowest BCUT2D eigenvalue weighted by molar-refractivity contribution is 0.172. The van der Waals surface area contributed by atoms with Crippen molar-refractivity contribution in [3.05, 3.63) is 36.3 Å². The minimum atomic E-state index is 0. The molecule has 0 amide bonds. The number of nitrogens with zero attached hydrogens (tertiary/aromatic N) is 3. The monoisotopic (exact) mass is 386 g/mol. The van der Waals surface area contributed by atoms with Crippen molar-refractivity contribution < 1.29 is 13.9 Å². The molecule has 0 aliphatic carbocycles. The number of imidazole rings is 1. The highest BCUT2D eigenvalue weighted by atomic mass is 35.5. The summed E-state index contributed by atoms with van der Waals surface area (Å²) in [6.45, 7) is 2.42. The summed E-state index contributed by atoms with van der Waals surface area (Å²) >= 11 is 0. The van der Waals surface area contributed by atoms with E-state index >= 15 is 0 Å². The highest BCUT2D eigenvalue weighted by Crippen LogP contribution is 2.34. The third-order valence-electron chi connectivity index (χ3n) is 3.89. The largest absolute Gasteiger partial charge is 0.486 e. The second-order valence-electron chi connectivity index (χ2n) is 5.38. The fourth-order valence-corrected chi connectivity index (χ4v) is 2.86. The van der Waals surface area contributed by atoms with E-state index in [2.05, 4.69) is 9.55 Å². The van der Waals surface area contributed by atoms with Gasteiger partial charge in [0.05, 0.1) is 17.2 Å². The van der Waals surface area contributed by atoms with Crippen LogP contribution in [-0.2, 0) is 19.4 Å². The van der Waals surface area contributed by atoms with Crippen molar-refractivity contribution in [2.45, 2.75) is 19.4 Å². The number of aryl methyl sites for hydroxylation is 2. The van der Waals surface area contributed by atoms with Crippen LogP contribution in [0, 0.1) is 0 Å². The molecule has 136 valence electrons. The van der Waals surface area contributed by atoms with Gasteiger partial charge >= 0.3 is 0 Å². The highest BCUT2D eigenvalue weighted by Gasteiger charge is 2.18. The van der Waals surface area contributed by atoms with Gasteiger partial charge in [-0.15, -0.1) is 24.8 Å². The maximum atomic E-state index is 5.73. The van der Waals surface area contributed by atoms with Gasteiger partial charge in [-0.2, -0.15) is 0 Å². The Morgan fingerprint density at radius 2 is 1.84 bits per heavy atom. The number of hydrogen-bond donors (Lipinski definition) is 1. The van der Waals surface area contributed by atoms with E-state index in [1.807, 2.05) is 12.1 Å². The molecule has 0 radical (unpaired) electrons. The van der Waals surface area contributed by atoms with Crippen molar-refractivity contribution in [2.75, 3.05) is 19.8 Å². The quantitative estimate of drug-likeness (QED) is 0.723. The number of benzene rings is 1. The van der Waals surface area contributed by atoms with E-state index in [0.29, 0.717) is 38.5 Å². The predicted molar refractivity (Wildman–Crippen MR) is 98.2 cm³/mol. The van der Waals surface area contributed by atoms with Gasteiger partial charge in [-0.3, -0.25) is 0 Å². The Balaban J connectivity index is 0.00000113. The van der Waals surface area contributed by atoms with Gasteiger partial charge in [-0.25, -0.2) is 9.97 Å². The summed E-state index contributed by atoms with van der Waals surface area (Å²) < 4.78 is 18.8. The zero-order chi connectivity index (χ0) is 15.6. The molecule has 2 N–H and O–H groups in total. The van der Waals surface area contributed by atoms with Gasteiger partial charge in [0.25, 0.3) is 0 Å². The molecule has 2 aromatic heterocycles. The summed E-state index contributed by atoms with van der Waals surface area (Å²) in [5.74, 6) is 3.18. The Morgan fingerprint density at radius 1 is 1.08 bits per heavy atom. The SMILES string of the molecule is Cl.Cl.NCCc1nc2cc3c(cc2n1CCc1ncco1)OCCO3. The van der Waals surface area contributed by atoms with E-state index in [1.54, 1.807) is 12.5 Å². The summed E-state index contributed by atoms with van der Waals surface area (Å²) in [6, 6.07) is 3.93. The molecule has 4 rings (SSSR count). The predicted octanol–water partition coefficient (Wildman–Crippen LogP) is 2.38. The molecular weight excluding hydrogens is 367 g/mol. The first-order valence-electron chi connectivity index (χ1n) is 7.72. The third-order valence-corrected chi connectivity index (χ3v) is 3.89. The molecule has 1 aromatic carbocycles. The van der Waals surface area contributed by atoms with Crippen LogP contribution >= 0.6 is 24.8 Å². The number of ether oxygens (including phenoxy) is 2. The molecule has 0 saturated carbocycles. The standard InChI is InChI=1S/C16H18N4O3.2ClH/c17-3-1-15-19-11-9-13-14(22-8-7-21-13)10-12(11)20(15)5-2-16-18-4-6-23-16;;/h4,6,9-10H,1-3,5,7-8,17H2;2*1H. The van der Waals surface area contributed by atoms with Gasteiger partial charge in [0.15, 0.2) is 17.4 Å². The van der Waals surface area contributed by atoms with E-state index in [-0.39, 0.29) is 24.8 Å². The zero-order valence-corrected chi connectivity index (χ0v) is 15.1. The Morgan fingerprint density at radius 3 is 2.52 bits per heavy atom. The van der Waals surface area contributed by atoms with Crippen molar-refractivity contribution in [3.8, 4) is 11.5 Å². The molecule has 0 saturated heterocycles. The van der Waals surface area contributed by atoms with Gasteiger partial charge in [0.1, 0.15) is 25.3 Å². The Labute approximate surface area is 157 Å². The Hall–Kier alpha value is -1.96. The van der Waals surface area contributed by atoms with Crippen LogP contribution in [0.25, 0.3) is 11.0 Å².